The fourth-order valence-electron chi connectivity index (χ4n) is 3.47. The first kappa shape index (κ1) is 23.1. The van der Waals surface area contributed by atoms with Crippen molar-refractivity contribution in [1.29, 1.82) is 0 Å². The summed E-state index contributed by atoms with van der Waals surface area (Å²) < 4.78 is 27.5. The molecule has 31 heavy (non-hydrogen) atoms. The van der Waals surface area contributed by atoms with E-state index in [0.717, 1.165) is 12.8 Å². The Kier molecular flexibility index (Phi) is 7.23. The summed E-state index contributed by atoms with van der Waals surface area (Å²) in [6.45, 7) is 4.79. The molecule has 1 saturated heterocycles. The Balaban J connectivity index is 1.66. The Hall–Kier alpha value is -2.58. The maximum atomic E-state index is 12.9. The number of halogens is 1. The van der Waals surface area contributed by atoms with Gasteiger partial charge >= 0.3 is 0 Å². The van der Waals surface area contributed by atoms with Crippen molar-refractivity contribution in [3.05, 3.63) is 59.1 Å². The number of likely N-dealkylation sites (tertiary alicyclic amines) is 1. The molecule has 0 radical (unpaired) electrons. The molecule has 166 valence electrons. The first-order chi connectivity index (χ1) is 14.7. The molecule has 1 fully saturated rings. The van der Waals surface area contributed by atoms with E-state index in [4.69, 9.17) is 11.6 Å². The van der Waals surface area contributed by atoms with E-state index in [2.05, 4.69) is 10.0 Å². The highest BCUT2D eigenvalue weighted by Gasteiger charge is 2.29. The third-order valence-electron chi connectivity index (χ3n) is 5.02. The van der Waals surface area contributed by atoms with Gasteiger partial charge in [0.1, 0.15) is 0 Å². The number of anilines is 1. The summed E-state index contributed by atoms with van der Waals surface area (Å²) in [7, 11) is -3.76. The number of nitrogens with one attached hydrogen (secondary N) is 2. The molecule has 1 unspecified atom stereocenters. The van der Waals surface area contributed by atoms with Crippen LogP contribution in [0.4, 0.5) is 5.69 Å². The molecule has 0 bridgehead atoms. The maximum Gasteiger partial charge on any atom is 0.261 e. The van der Waals surface area contributed by atoms with Gasteiger partial charge in [0.25, 0.3) is 15.9 Å². The van der Waals surface area contributed by atoms with E-state index in [1.807, 2.05) is 13.8 Å². The van der Waals surface area contributed by atoms with Crippen LogP contribution in [0.15, 0.2) is 53.4 Å². The average Bonchev–Trinajstić information content (AvgIpc) is 2.73. The lowest BCUT2D eigenvalue weighted by molar-refractivity contribution is -0.126. The largest absolute Gasteiger partial charge is 0.354 e. The monoisotopic (exact) mass is 463 g/mol. The van der Waals surface area contributed by atoms with Crippen LogP contribution in [-0.4, -0.2) is 44.3 Å². The van der Waals surface area contributed by atoms with E-state index >= 15 is 0 Å². The molecule has 1 aliphatic heterocycles. The van der Waals surface area contributed by atoms with Crippen LogP contribution in [-0.2, 0) is 14.8 Å². The number of rotatable bonds is 6. The summed E-state index contributed by atoms with van der Waals surface area (Å²) in [5.41, 5.74) is 0.790. The SMILES string of the molecule is CC(C)NC(=O)C1CCCN(C(=O)c2ccc(NS(=O)(=O)c3ccc(Cl)cc3)cc2)C1. The Morgan fingerprint density at radius 1 is 1.06 bits per heavy atom. The van der Waals surface area contributed by atoms with Crippen LogP contribution in [0.3, 0.4) is 0 Å². The third kappa shape index (κ3) is 5.98. The quantitative estimate of drug-likeness (QED) is 0.685. The van der Waals surface area contributed by atoms with Gasteiger partial charge in [-0.05, 0) is 75.2 Å². The third-order valence-corrected chi connectivity index (χ3v) is 6.67. The van der Waals surface area contributed by atoms with Gasteiger partial charge in [0, 0.05) is 35.4 Å². The zero-order valence-corrected chi connectivity index (χ0v) is 19.0. The minimum atomic E-state index is -3.76. The molecule has 1 atom stereocenters. The van der Waals surface area contributed by atoms with E-state index in [0.29, 0.717) is 29.4 Å². The van der Waals surface area contributed by atoms with Gasteiger partial charge in [-0.25, -0.2) is 8.42 Å². The highest BCUT2D eigenvalue weighted by molar-refractivity contribution is 7.92. The molecule has 9 heteroatoms. The number of hydrogen-bond acceptors (Lipinski definition) is 4. The molecule has 1 aliphatic rings. The van der Waals surface area contributed by atoms with Crippen LogP contribution in [0, 0.1) is 5.92 Å². The predicted molar refractivity (Wildman–Crippen MR) is 121 cm³/mol. The Labute approximate surface area is 187 Å². The van der Waals surface area contributed by atoms with Crippen LogP contribution in [0.1, 0.15) is 37.0 Å². The molecule has 2 amide bonds. The minimum absolute atomic E-state index is 0.0283. The van der Waals surface area contributed by atoms with Gasteiger partial charge in [0.2, 0.25) is 5.91 Å². The van der Waals surface area contributed by atoms with Crippen LogP contribution >= 0.6 is 11.6 Å². The maximum absolute atomic E-state index is 12.9. The van der Waals surface area contributed by atoms with Gasteiger partial charge in [-0.3, -0.25) is 14.3 Å². The topological polar surface area (TPSA) is 95.6 Å². The van der Waals surface area contributed by atoms with Gasteiger partial charge in [-0.15, -0.1) is 0 Å². The number of hydrogen-bond donors (Lipinski definition) is 2. The number of carbonyl (C=O) groups is 2. The van der Waals surface area contributed by atoms with Crippen molar-refractivity contribution in [2.45, 2.75) is 37.6 Å². The molecule has 2 aromatic carbocycles. The predicted octanol–water partition coefficient (Wildman–Crippen LogP) is 3.52. The fourth-order valence-corrected chi connectivity index (χ4v) is 4.65. The number of carbonyl (C=O) groups excluding carboxylic acids is 2. The standard InChI is InChI=1S/C22H26ClN3O4S/c1-15(2)24-21(27)17-4-3-13-26(14-17)22(28)16-5-9-19(10-6-16)25-31(29,30)20-11-7-18(23)8-12-20/h5-12,15,17,25H,3-4,13-14H2,1-2H3,(H,24,27). The van der Waals surface area contributed by atoms with Crippen LogP contribution in [0.5, 0.6) is 0 Å². The molecular weight excluding hydrogens is 438 g/mol. The lowest BCUT2D eigenvalue weighted by Gasteiger charge is -2.32. The molecule has 0 spiro atoms. The molecule has 3 rings (SSSR count). The normalized spacial score (nSPS) is 16.8. The number of amides is 2. The average molecular weight is 464 g/mol. The van der Waals surface area contributed by atoms with Gasteiger partial charge in [-0.1, -0.05) is 11.6 Å². The van der Waals surface area contributed by atoms with E-state index in [1.54, 1.807) is 29.2 Å². The number of piperidine rings is 1. The molecule has 2 N–H and O–H groups in total. The molecule has 0 aliphatic carbocycles. The summed E-state index contributed by atoms with van der Waals surface area (Å²) in [6.07, 6.45) is 1.52. The van der Waals surface area contributed by atoms with E-state index < -0.39 is 10.0 Å². The summed E-state index contributed by atoms with van der Waals surface area (Å²) in [5, 5.41) is 3.36. The lowest BCUT2D eigenvalue weighted by Crippen LogP contribution is -2.46. The van der Waals surface area contributed by atoms with Gasteiger partial charge in [0.15, 0.2) is 0 Å². The van der Waals surface area contributed by atoms with Crippen molar-refractivity contribution in [1.82, 2.24) is 10.2 Å². The second kappa shape index (κ2) is 9.70. The summed E-state index contributed by atoms with van der Waals surface area (Å²) in [5.74, 6) is -0.417. The highest BCUT2D eigenvalue weighted by Crippen LogP contribution is 2.22. The molecule has 1 heterocycles. The van der Waals surface area contributed by atoms with E-state index in [9.17, 15) is 18.0 Å². The second-order valence-electron chi connectivity index (χ2n) is 7.89. The highest BCUT2D eigenvalue weighted by atomic mass is 35.5. The Bertz CT molecular complexity index is 1040. The minimum Gasteiger partial charge on any atom is -0.354 e. The van der Waals surface area contributed by atoms with Gasteiger partial charge in [0.05, 0.1) is 10.8 Å². The van der Waals surface area contributed by atoms with Gasteiger partial charge in [-0.2, -0.15) is 0 Å². The molecule has 7 nitrogen and oxygen atoms in total. The van der Waals surface area contributed by atoms with Crippen molar-refractivity contribution in [3.8, 4) is 0 Å². The van der Waals surface area contributed by atoms with E-state index in [-0.39, 0.29) is 28.7 Å². The Morgan fingerprint density at radius 2 is 1.71 bits per heavy atom. The lowest BCUT2D eigenvalue weighted by atomic mass is 9.96. The summed E-state index contributed by atoms with van der Waals surface area (Å²) in [6, 6.07) is 12.2. The van der Waals surface area contributed by atoms with Crippen LogP contribution in [0.2, 0.25) is 5.02 Å². The number of sulfonamides is 1. The summed E-state index contributed by atoms with van der Waals surface area (Å²) >= 11 is 5.81. The van der Waals surface area contributed by atoms with Crippen molar-refractivity contribution in [2.24, 2.45) is 5.92 Å². The Morgan fingerprint density at radius 3 is 2.32 bits per heavy atom. The van der Waals surface area contributed by atoms with Crippen LogP contribution in [0.25, 0.3) is 0 Å². The number of nitrogens with zero attached hydrogens (tertiary/aromatic N) is 1. The zero-order valence-electron chi connectivity index (χ0n) is 17.5. The fraction of sp³-hybridized carbons (Fsp3) is 0.364. The van der Waals surface area contributed by atoms with E-state index in [1.165, 1.54) is 24.3 Å². The molecule has 0 aromatic heterocycles. The summed E-state index contributed by atoms with van der Waals surface area (Å²) in [4.78, 5) is 27.0. The molecule has 0 saturated carbocycles. The van der Waals surface area contributed by atoms with Crippen molar-refractivity contribution in [3.63, 3.8) is 0 Å². The van der Waals surface area contributed by atoms with Crippen molar-refractivity contribution in [2.75, 3.05) is 17.8 Å². The molecular formula is C22H26ClN3O4S. The smallest absolute Gasteiger partial charge is 0.261 e. The van der Waals surface area contributed by atoms with Gasteiger partial charge < -0.3 is 10.2 Å². The molecule has 2 aromatic rings. The first-order valence-electron chi connectivity index (χ1n) is 10.1. The first-order valence-corrected chi connectivity index (χ1v) is 12.0. The van der Waals surface area contributed by atoms with Crippen molar-refractivity contribution < 1.29 is 18.0 Å². The van der Waals surface area contributed by atoms with Crippen molar-refractivity contribution >= 4 is 39.1 Å². The number of benzene rings is 2. The zero-order chi connectivity index (χ0) is 22.6. The van der Waals surface area contributed by atoms with Crippen LogP contribution < -0.4 is 10.0 Å². The second-order valence-corrected chi connectivity index (χ2v) is 10.0.